The minimum absolute atomic E-state index is 0.139. The van der Waals surface area contributed by atoms with Crippen LogP contribution in [0.15, 0.2) is 46.9 Å². The Morgan fingerprint density at radius 1 is 1.19 bits per heavy atom. The standard InChI is InChI=1S/C19H20BrN3O3/c20-14-4-6-16(7-5-14)23-9-8-15(11-23)22-19(24)21-10-13-2-1-3-17-18(13)26-12-25-17/h1-7,15H,8-12H2,(H2,21,22,24)/t15-/m1/s1. The molecule has 0 aromatic heterocycles. The molecule has 0 aliphatic carbocycles. The third-order valence-electron chi connectivity index (χ3n) is 4.63. The van der Waals surface area contributed by atoms with Crippen molar-refractivity contribution in [2.45, 2.75) is 19.0 Å². The van der Waals surface area contributed by atoms with Crippen molar-refractivity contribution in [2.75, 3.05) is 24.8 Å². The number of nitrogens with zero attached hydrogens (tertiary/aromatic N) is 1. The van der Waals surface area contributed by atoms with E-state index in [2.05, 4.69) is 43.6 Å². The number of carbonyl (C=O) groups is 1. The first-order valence-corrected chi connectivity index (χ1v) is 9.41. The number of nitrogens with one attached hydrogen (secondary N) is 2. The van der Waals surface area contributed by atoms with Crippen LogP contribution in [-0.4, -0.2) is 32.0 Å². The van der Waals surface area contributed by atoms with Crippen molar-refractivity contribution in [3.05, 3.63) is 52.5 Å². The Morgan fingerprint density at radius 3 is 2.88 bits per heavy atom. The van der Waals surface area contributed by atoms with E-state index in [1.807, 2.05) is 30.3 Å². The maximum Gasteiger partial charge on any atom is 0.315 e. The molecular formula is C19H20BrN3O3. The maximum absolute atomic E-state index is 12.2. The predicted molar refractivity (Wildman–Crippen MR) is 103 cm³/mol. The Bertz CT molecular complexity index is 797. The van der Waals surface area contributed by atoms with Gasteiger partial charge in [-0.25, -0.2) is 4.79 Å². The van der Waals surface area contributed by atoms with Crippen molar-refractivity contribution in [3.8, 4) is 11.5 Å². The van der Waals surface area contributed by atoms with Crippen LogP contribution in [0.3, 0.4) is 0 Å². The van der Waals surface area contributed by atoms with E-state index in [4.69, 9.17) is 9.47 Å². The van der Waals surface area contributed by atoms with Crippen molar-refractivity contribution in [3.63, 3.8) is 0 Å². The molecule has 1 fully saturated rings. The molecule has 2 aliphatic rings. The van der Waals surface area contributed by atoms with Gasteiger partial charge in [0, 0.05) is 41.4 Å². The van der Waals surface area contributed by atoms with Crippen LogP contribution in [0.5, 0.6) is 11.5 Å². The fourth-order valence-corrected chi connectivity index (χ4v) is 3.57. The second-order valence-electron chi connectivity index (χ2n) is 6.39. The molecule has 4 rings (SSSR count). The van der Waals surface area contributed by atoms with E-state index in [1.165, 1.54) is 5.69 Å². The van der Waals surface area contributed by atoms with E-state index in [9.17, 15) is 4.79 Å². The number of para-hydroxylation sites is 1. The lowest BCUT2D eigenvalue weighted by molar-refractivity contribution is 0.173. The summed E-state index contributed by atoms with van der Waals surface area (Å²) >= 11 is 3.45. The Morgan fingerprint density at radius 2 is 2.04 bits per heavy atom. The van der Waals surface area contributed by atoms with E-state index >= 15 is 0 Å². The third kappa shape index (κ3) is 3.72. The van der Waals surface area contributed by atoms with Crippen molar-refractivity contribution < 1.29 is 14.3 Å². The maximum atomic E-state index is 12.2. The van der Waals surface area contributed by atoms with Crippen LogP contribution >= 0.6 is 15.9 Å². The third-order valence-corrected chi connectivity index (χ3v) is 5.16. The second kappa shape index (κ2) is 7.45. The predicted octanol–water partition coefficient (Wildman–Crippen LogP) is 3.26. The monoisotopic (exact) mass is 417 g/mol. The molecule has 2 N–H and O–H groups in total. The lowest BCUT2D eigenvalue weighted by Crippen LogP contribution is -2.43. The number of benzene rings is 2. The molecule has 136 valence electrons. The number of rotatable bonds is 4. The van der Waals surface area contributed by atoms with E-state index in [0.717, 1.165) is 41.0 Å². The minimum Gasteiger partial charge on any atom is -0.454 e. The first kappa shape index (κ1) is 17.0. The van der Waals surface area contributed by atoms with Crippen LogP contribution in [0.25, 0.3) is 0 Å². The van der Waals surface area contributed by atoms with Crippen LogP contribution in [-0.2, 0) is 6.54 Å². The van der Waals surface area contributed by atoms with Gasteiger partial charge in [-0.2, -0.15) is 0 Å². The van der Waals surface area contributed by atoms with Crippen molar-refractivity contribution in [2.24, 2.45) is 0 Å². The molecule has 2 amide bonds. The van der Waals surface area contributed by atoms with Gasteiger partial charge >= 0.3 is 6.03 Å². The highest BCUT2D eigenvalue weighted by atomic mass is 79.9. The van der Waals surface area contributed by atoms with Crippen molar-refractivity contribution in [1.29, 1.82) is 0 Å². The van der Waals surface area contributed by atoms with Crippen molar-refractivity contribution >= 4 is 27.6 Å². The summed E-state index contributed by atoms with van der Waals surface area (Å²) in [5.74, 6) is 1.45. The molecular weight excluding hydrogens is 398 g/mol. The van der Waals surface area contributed by atoms with Gasteiger partial charge in [0.15, 0.2) is 11.5 Å². The number of hydrogen-bond acceptors (Lipinski definition) is 4. The van der Waals surface area contributed by atoms with Gasteiger partial charge in [0.1, 0.15) is 0 Å². The summed E-state index contributed by atoms with van der Waals surface area (Å²) in [5, 5.41) is 5.96. The summed E-state index contributed by atoms with van der Waals surface area (Å²) in [6.45, 7) is 2.38. The highest BCUT2D eigenvalue weighted by molar-refractivity contribution is 9.10. The quantitative estimate of drug-likeness (QED) is 0.801. The molecule has 2 aromatic carbocycles. The molecule has 0 spiro atoms. The molecule has 6 nitrogen and oxygen atoms in total. The summed E-state index contributed by atoms with van der Waals surface area (Å²) in [6.07, 6.45) is 0.932. The summed E-state index contributed by atoms with van der Waals surface area (Å²) in [6, 6.07) is 13.9. The fraction of sp³-hybridized carbons (Fsp3) is 0.316. The smallest absolute Gasteiger partial charge is 0.315 e. The number of fused-ring (bicyclic) bond motifs is 1. The molecule has 1 saturated heterocycles. The number of ether oxygens (including phenoxy) is 2. The number of amides is 2. The van der Waals surface area contributed by atoms with Gasteiger partial charge in [-0.3, -0.25) is 0 Å². The average Bonchev–Trinajstić information content (AvgIpc) is 3.30. The SMILES string of the molecule is O=C(NCc1cccc2c1OCO2)N[C@@H]1CCN(c2ccc(Br)cc2)C1. The molecule has 0 bridgehead atoms. The number of anilines is 1. The number of halogens is 1. The Hall–Kier alpha value is -2.41. The van der Waals surface area contributed by atoms with Gasteiger partial charge in [0.2, 0.25) is 6.79 Å². The van der Waals surface area contributed by atoms with Crippen LogP contribution in [0.2, 0.25) is 0 Å². The number of carbonyl (C=O) groups excluding carboxylic acids is 1. The Labute approximate surface area is 160 Å². The second-order valence-corrected chi connectivity index (χ2v) is 7.30. The van der Waals surface area contributed by atoms with E-state index in [-0.39, 0.29) is 18.9 Å². The van der Waals surface area contributed by atoms with Gasteiger partial charge in [0.25, 0.3) is 0 Å². The zero-order valence-corrected chi connectivity index (χ0v) is 15.8. The first-order valence-electron chi connectivity index (χ1n) is 8.61. The number of hydrogen-bond donors (Lipinski definition) is 2. The molecule has 2 aromatic rings. The lowest BCUT2D eigenvalue weighted by Gasteiger charge is -2.19. The van der Waals surface area contributed by atoms with Crippen LogP contribution in [0, 0.1) is 0 Å². The van der Waals surface area contributed by atoms with Gasteiger partial charge < -0.3 is 25.0 Å². The zero-order chi connectivity index (χ0) is 17.9. The molecule has 0 unspecified atom stereocenters. The topological polar surface area (TPSA) is 62.8 Å². The van der Waals surface area contributed by atoms with Gasteiger partial charge in [-0.15, -0.1) is 0 Å². The van der Waals surface area contributed by atoms with Crippen LogP contribution < -0.4 is 25.0 Å². The van der Waals surface area contributed by atoms with Gasteiger partial charge in [-0.05, 0) is 36.8 Å². The van der Waals surface area contributed by atoms with E-state index in [1.54, 1.807) is 0 Å². The molecule has 0 saturated carbocycles. The molecule has 2 aliphatic heterocycles. The fourth-order valence-electron chi connectivity index (χ4n) is 3.31. The van der Waals surface area contributed by atoms with Gasteiger partial charge in [0.05, 0.1) is 0 Å². The molecule has 2 heterocycles. The highest BCUT2D eigenvalue weighted by Gasteiger charge is 2.24. The largest absolute Gasteiger partial charge is 0.454 e. The Balaban J connectivity index is 1.28. The zero-order valence-electron chi connectivity index (χ0n) is 14.2. The summed E-state index contributed by atoms with van der Waals surface area (Å²) in [7, 11) is 0. The summed E-state index contributed by atoms with van der Waals surface area (Å²) < 4.78 is 11.9. The highest BCUT2D eigenvalue weighted by Crippen LogP contribution is 2.35. The first-order chi connectivity index (χ1) is 12.7. The van der Waals surface area contributed by atoms with Crippen molar-refractivity contribution in [1.82, 2.24) is 10.6 Å². The van der Waals surface area contributed by atoms with Crippen LogP contribution in [0.1, 0.15) is 12.0 Å². The minimum atomic E-state index is -0.163. The lowest BCUT2D eigenvalue weighted by atomic mass is 10.2. The molecule has 26 heavy (non-hydrogen) atoms. The average molecular weight is 418 g/mol. The van der Waals surface area contributed by atoms with Crippen LogP contribution in [0.4, 0.5) is 10.5 Å². The molecule has 1 atom stereocenters. The molecule has 0 radical (unpaired) electrons. The normalized spacial score (nSPS) is 18.0. The Kier molecular flexibility index (Phi) is 4.88. The van der Waals surface area contributed by atoms with E-state index in [0.29, 0.717) is 6.54 Å². The summed E-state index contributed by atoms with van der Waals surface area (Å²) in [5.41, 5.74) is 2.09. The summed E-state index contributed by atoms with van der Waals surface area (Å²) in [4.78, 5) is 14.5. The number of urea groups is 1. The van der Waals surface area contributed by atoms with Gasteiger partial charge in [-0.1, -0.05) is 28.1 Å². The molecule has 7 heteroatoms. The van der Waals surface area contributed by atoms with E-state index < -0.39 is 0 Å².